The summed E-state index contributed by atoms with van der Waals surface area (Å²) in [5.74, 6) is 0.788. The quantitative estimate of drug-likeness (QED) is 0.681. The highest BCUT2D eigenvalue weighted by atomic mass is 16.5. The number of aryl methyl sites for hydroxylation is 1. The van der Waals surface area contributed by atoms with Gasteiger partial charge in [-0.15, -0.1) is 0 Å². The van der Waals surface area contributed by atoms with Gasteiger partial charge in [-0.05, 0) is 30.2 Å². The number of fused-ring (bicyclic) bond motifs is 1. The highest BCUT2D eigenvalue weighted by molar-refractivity contribution is 5.91. The minimum Gasteiger partial charge on any atom is -0.497 e. The van der Waals surface area contributed by atoms with E-state index in [1.54, 1.807) is 7.11 Å². The largest absolute Gasteiger partial charge is 0.497 e. The molecule has 0 bridgehead atoms. The van der Waals surface area contributed by atoms with E-state index in [4.69, 9.17) is 4.74 Å². The molecule has 3 aromatic rings. The van der Waals surface area contributed by atoms with Gasteiger partial charge in [-0.25, -0.2) is 0 Å². The van der Waals surface area contributed by atoms with Crippen molar-refractivity contribution < 1.29 is 9.84 Å². The van der Waals surface area contributed by atoms with E-state index in [1.165, 1.54) is 5.39 Å². The molecule has 1 atom stereocenters. The van der Waals surface area contributed by atoms with Gasteiger partial charge in [-0.1, -0.05) is 55.8 Å². The normalized spacial score (nSPS) is 12.8. The van der Waals surface area contributed by atoms with Crippen molar-refractivity contribution in [1.29, 1.82) is 0 Å². The first-order valence-electron chi connectivity index (χ1n) is 8.73. The summed E-state index contributed by atoms with van der Waals surface area (Å²) in [4.78, 5) is 0. The van der Waals surface area contributed by atoms with Gasteiger partial charge >= 0.3 is 0 Å². The fraction of sp³-hybridized carbons (Fsp3) is 0.273. The van der Waals surface area contributed by atoms with Crippen molar-refractivity contribution in [2.75, 3.05) is 7.11 Å². The number of benzene rings is 2. The molecule has 130 valence electrons. The number of allylic oxidation sites excluding steroid dienone is 1. The highest BCUT2D eigenvalue weighted by Gasteiger charge is 2.21. The lowest BCUT2D eigenvalue weighted by atomic mass is 10.0. The van der Waals surface area contributed by atoms with E-state index in [-0.39, 0.29) is 0 Å². The Balaban J connectivity index is 2.12. The van der Waals surface area contributed by atoms with E-state index in [1.807, 2.05) is 43.4 Å². The summed E-state index contributed by atoms with van der Waals surface area (Å²) in [6.45, 7) is 2.17. The number of aliphatic hydroxyl groups excluding tert-OH is 1. The van der Waals surface area contributed by atoms with Crippen LogP contribution in [0.1, 0.15) is 42.7 Å². The Kier molecular flexibility index (Phi) is 5.25. The molecule has 1 N–H and O–H groups in total. The number of para-hydroxylation sites is 1. The molecular formula is C22H25NO2. The zero-order valence-electron chi connectivity index (χ0n) is 15.1. The van der Waals surface area contributed by atoms with Crippen molar-refractivity contribution in [1.82, 2.24) is 4.57 Å². The molecule has 2 aromatic carbocycles. The lowest BCUT2D eigenvalue weighted by Gasteiger charge is -2.15. The number of ether oxygens (including phenoxy) is 1. The third-order valence-corrected chi connectivity index (χ3v) is 4.62. The molecule has 1 unspecified atom stereocenters. The summed E-state index contributed by atoms with van der Waals surface area (Å²) in [6.07, 6.45) is 5.78. The summed E-state index contributed by atoms with van der Waals surface area (Å²) in [7, 11) is 3.66. The number of aliphatic hydroxyl groups is 1. The van der Waals surface area contributed by atoms with Crippen molar-refractivity contribution in [2.24, 2.45) is 7.05 Å². The summed E-state index contributed by atoms with van der Waals surface area (Å²) in [6, 6.07) is 15.9. The Morgan fingerprint density at radius 1 is 1.12 bits per heavy atom. The molecule has 1 aromatic heterocycles. The van der Waals surface area contributed by atoms with E-state index < -0.39 is 6.10 Å². The number of unbranched alkanes of at least 4 members (excludes halogenated alkanes) is 1. The molecule has 0 amide bonds. The number of aromatic nitrogens is 1. The van der Waals surface area contributed by atoms with Crippen molar-refractivity contribution in [2.45, 2.75) is 25.9 Å². The molecule has 3 rings (SSSR count). The molecule has 3 nitrogen and oxygen atoms in total. The van der Waals surface area contributed by atoms with E-state index >= 15 is 0 Å². The van der Waals surface area contributed by atoms with Gasteiger partial charge in [-0.2, -0.15) is 0 Å². The first-order chi connectivity index (χ1) is 12.2. The van der Waals surface area contributed by atoms with Gasteiger partial charge in [0.2, 0.25) is 0 Å². The summed E-state index contributed by atoms with van der Waals surface area (Å²) in [5.41, 5.74) is 3.99. The van der Waals surface area contributed by atoms with Crippen molar-refractivity contribution in [3.63, 3.8) is 0 Å². The van der Waals surface area contributed by atoms with Gasteiger partial charge in [0.1, 0.15) is 11.9 Å². The van der Waals surface area contributed by atoms with Crippen LogP contribution in [0.15, 0.2) is 54.6 Å². The Hall–Kier alpha value is -2.52. The third kappa shape index (κ3) is 3.33. The van der Waals surface area contributed by atoms with Crippen molar-refractivity contribution >= 4 is 17.0 Å². The Morgan fingerprint density at radius 2 is 1.84 bits per heavy atom. The average Bonchev–Trinajstić information content (AvgIpc) is 2.94. The molecule has 3 heteroatoms. The van der Waals surface area contributed by atoms with Crippen LogP contribution in [0.2, 0.25) is 0 Å². The fourth-order valence-electron chi connectivity index (χ4n) is 3.26. The second-order valence-corrected chi connectivity index (χ2v) is 6.24. The summed E-state index contributed by atoms with van der Waals surface area (Å²) >= 11 is 0. The molecule has 0 aliphatic heterocycles. The van der Waals surface area contributed by atoms with Crippen LogP contribution in [0, 0.1) is 0 Å². The maximum Gasteiger partial charge on any atom is 0.120 e. The molecule has 1 heterocycles. The predicted octanol–water partition coefficient (Wildman–Crippen LogP) is 5.08. The molecule has 25 heavy (non-hydrogen) atoms. The number of nitrogens with zero attached hydrogens (tertiary/aromatic N) is 1. The number of hydrogen-bond donors (Lipinski definition) is 1. The number of methoxy groups -OCH3 is 1. The lowest BCUT2D eigenvalue weighted by Crippen LogP contribution is -2.07. The highest BCUT2D eigenvalue weighted by Crippen LogP contribution is 2.34. The first kappa shape index (κ1) is 17.3. The Labute approximate surface area is 149 Å². The van der Waals surface area contributed by atoms with E-state index in [0.29, 0.717) is 0 Å². The van der Waals surface area contributed by atoms with Gasteiger partial charge in [-0.3, -0.25) is 0 Å². The smallest absolute Gasteiger partial charge is 0.120 e. The summed E-state index contributed by atoms with van der Waals surface area (Å²) < 4.78 is 7.31. The van der Waals surface area contributed by atoms with Crippen molar-refractivity contribution in [3.8, 4) is 5.75 Å². The van der Waals surface area contributed by atoms with Gasteiger partial charge in [0.25, 0.3) is 0 Å². The van der Waals surface area contributed by atoms with Gasteiger partial charge in [0.15, 0.2) is 0 Å². The fourth-order valence-corrected chi connectivity index (χ4v) is 3.26. The topological polar surface area (TPSA) is 34.4 Å². The van der Waals surface area contributed by atoms with Crippen LogP contribution in [-0.2, 0) is 7.05 Å². The Morgan fingerprint density at radius 3 is 2.52 bits per heavy atom. The molecule has 0 saturated carbocycles. The molecule has 0 spiro atoms. The van der Waals surface area contributed by atoms with Crippen LogP contribution in [0.25, 0.3) is 17.0 Å². The first-order valence-corrected chi connectivity index (χ1v) is 8.73. The molecule has 0 radical (unpaired) electrons. The minimum atomic E-state index is -0.690. The van der Waals surface area contributed by atoms with Crippen molar-refractivity contribution in [3.05, 3.63) is 71.4 Å². The van der Waals surface area contributed by atoms with Crippen LogP contribution >= 0.6 is 0 Å². The van der Waals surface area contributed by atoms with E-state index in [2.05, 4.69) is 35.8 Å². The second-order valence-electron chi connectivity index (χ2n) is 6.24. The van der Waals surface area contributed by atoms with Gasteiger partial charge in [0, 0.05) is 23.5 Å². The lowest BCUT2D eigenvalue weighted by molar-refractivity contribution is 0.211. The second kappa shape index (κ2) is 7.58. The van der Waals surface area contributed by atoms with Crippen LogP contribution in [0.4, 0.5) is 0 Å². The standard InChI is InChI=1S/C22H25NO2/c1-4-5-6-10-19-18-9-7-8-11-20(18)23(2)21(19)22(24)16-12-14-17(25-3)15-13-16/h6-15,22,24H,4-5H2,1-3H3. The molecule has 0 fully saturated rings. The zero-order chi connectivity index (χ0) is 17.8. The minimum absolute atomic E-state index is 0.690. The van der Waals surface area contributed by atoms with E-state index in [0.717, 1.165) is 40.9 Å². The SMILES string of the molecule is CCCC=Cc1c(C(O)c2ccc(OC)cc2)n(C)c2ccccc12. The molecule has 0 aliphatic rings. The maximum absolute atomic E-state index is 11.1. The van der Waals surface area contributed by atoms with Crippen LogP contribution in [-0.4, -0.2) is 16.8 Å². The van der Waals surface area contributed by atoms with Gasteiger partial charge < -0.3 is 14.4 Å². The van der Waals surface area contributed by atoms with Crippen LogP contribution < -0.4 is 4.74 Å². The maximum atomic E-state index is 11.1. The zero-order valence-corrected chi connectivity index (χ0v) is 15.1. The van der Waals surface area contributed by atoms with Gasteiger partial charge in [0.05, 0.1) is 12.8 Å². The molecule has 0 saturated heterocycles. The monoisotopic (exact) mass is 335 g/mol. The number of hydrogen-bond acceptors (Lipinski definition) is 2. The van der Waals surface area contributed by atoms with Crippen LogP contribution in [0.5, 0.6) is 5.75 Å². The average molecular weight is 335 g/mol. The van der Waals surface area contributed by atoms with E-state index in [9.17, 15) is 5.11 Å². The predicted molar refractivity (Wildman–Crippen MR) is 104 cm³/mol. The number of rotatable bonds is 6. The summed E-state index contributed by atoms with van der Waals surface area (Å²) in [5, 5.41) is 12.2. The Bertz CT molecular complexity index is 875. The molecular weight excluding hydrogens is 310 g/mol. The van der Waals surface area contributed by atoms with Crippen LogP contribution in [0.3, 0.4) is 0 Å². The molecule has 0 aliphatic carbocycles. The third-order valence-electron chi connectivity index (χ3n) is 4.62.